The van der Waals surface area contributed by atoms with Crippen molar-refractivity contribution in [2.75, 3.05) is 31.0 Å². The van der Waals surface area contributed by atoms with Gasteiger partial charge in [-0.3, -0.25) is 10.1 Å². The Bertz CT molecular complexity index is 881. The summed E-state index contributed by atoms with van der Waals surface area (Å²) in [5.74, 6) is -0.524. The molecule has 0 spiro atoms. The second-order valence-corrected chi connectivity index (χ2v) is 8.77. The molecule has 2 atom stereocenters. The van der Waals surface area contributed by atoms with Crippen LogP contribution < -0.4 is 5.32 Å². The van der Waals surface area contributed by atoms with Gasteiger partial charge < -0.3 is 19.3 Å². The van der Waals surface area contributed by atoms with Gasteiger partial charge in [-0.15, -0.1) is 11.8 Å². The number of ether oxygens (including phenoxy) is 3. The monoisotopic (exact) mass is 577 g/mol. The van der Waals surface area contributed by atoms with E-state index in [0.29, 0.717) is 11.3 Å². The number of phenolic OH excluding ortho intramolecular Hbond substituents is 1. The molecule has 0 saturated heterocycles. The van der Waals surface area contributed by atoms with Crippen LogP contribution >= 0.6 is 47.0 Å². The van der Waals surface area contributed by atoms with Crippen LogP contribution in [-0.4, -0.2) is 49.0 Å². The van der Waals surface area contributed by atoms with Crippen LogP contribution in [0.15, 0.2) is 47.4 Å². The van der Waals surface area contributed by atoms with Crippen molar-refractivity contribution in [2.45, 2.75) is 23.5 Å². The van der Waals surface area contributed by atoms with Gasteiger partial charge in [0, 0.05) is 33.2 Å². The molecule has 0 saturated carbocycles. The first-order valence-corrected chi connectivity index (χ1v) is 12.2. The van der Waals surface area contributed by atoms with Crippen molar-refractivity contribution >= 4 is 64.7 Å². The number of rotatable bonds is 10. The molecule has 2 aromatic rings. The Morgan fingerprint density at radius 3 is 2.55 bits per heavy atom. The number of aromatic hydroxyl groups is 1. The SMILES string of the molecule is CO[C@H](CCOC(=O)CS)[C@H](OC(=O)Nc1ccc(SC)cc1)c1cc(I)ccc1O. The third-order valence-corrected chi connectivity index (χ3v) is 5.97. The van der Waals surface area contributed by atoms with Crippen LogP contribution in [0, 0.1) is 3.57 Å². The largest absolute Gasteiger partial charge is 0.508 e. The zero-order valence-electron chi connectivity index (χ0n) is 17.0. The van der Waals surface area contributed by atoms with Gasteiger partial charge in [0.1, 0.15) is 11.9 Å². The Hall–Kier alpha value is -1.63. The molecule has 2 rings (SSSR count). The summed E-state index contributed by atoms with van der Waals surface area (Å²) in [4.78, 5) is 25.1. The van der Waals surface area contributed by atoms with Gasteiger partial charge >= 0.3 is 12.1 Å². The Morgan fingerprint density at radius 2 is 1.94 bits per heavy atom. The maximum Gasteiger partial charge on any atom is 0.412 e. The molecule has 0 aliphatic carbocycles. The first-order chi connectivity index (χ1) is 14.9. The van der Waals surface area contributed by atoms with Crippen LogP contribution in [-0.2, 0) is 19.0 Å². The summed E-state index contributed by atoms with van der Waals surface area (Å²) in [6, 6.07) is 12.3. The molecule has 0 fully saturated rings. The van der Waals surface area contributed by atoms with E-state index in [4.69, 9.17) is 14.2 Å². The van der Waals surface area contributed by atoms with E-state index >= 15 is 0 Å². The van der Waals surface area contributed by atoms with Gasteiger partial charge in [0.05, 0.1) is 12.4 Å². The van der Waals surface area contributed by atoms with Crippen LogP contribution in [0.1, 0.15) is 18.1 Å². The number of halogens is 1. The number of thiol groups is 1. The fourth-order valence-electron chi connectivity index (χ4n) is 2.76. The molecule has 2 aromatic carbocycles. The van der Waals surface area contributed by atoms with E-state index in [0.717, 1.165) is 8.47 Å². The maximum absolute atomic E-state index is 12.6. The standard InChI is InChI=1S/C21H24INO6S2/c1-27-18(9-10-28-19(25)12-30)20(16-11-13(22)3-8-17(16)24)29-21(26)23-14-4-6-15(31-2)7-5-14/h3-8,11,18,20,24,30H,9-10,12H2,1-2H3,(H,23,26)/t18-,20-/m1/s1. The summed E-state index contributed by atoms with van der Waals surface area (Å²) in [6.45, 7) is 0.0558. The van der Waals surface area contributed by atoms with E-state index in [1.165, 1.54) is 13.2 Å². The van der Waals surface area contributed by atoms with E-state index in [1.807, 2.05) is 18.4 Å². The van der Waals surface area contributed by atoms with E-state index < -0.39 is 24.3 Å². The Balaban J connectivity index is 2.20. The van der Waals surface area contributed by atoms with Crippen molar-refractivity contribution in [3.63, 3.8) is 0 Å². The molecular formula is C21H24INO6S2. The first kappa shape index (κ1) is 25.6. The third-order valence-electron chi connectivity index (χ3n) is 4.30. The van der Waals surface area contributed by atoms with Crippen LogP contribution in [0.4, 0.5) is 10.5 Å². The maximum atomic E-state index is 12.6. The van der Waals surface area contributed by atoms with Crippen molar-refractivity contribution in [1.82, 2.24) is 0 Å². The summed E-state index contributed by atoms with van der Waals surface area (Å²) < 4.78 is 17.1. The molecule has 31 heavy (non-hydrogen) atoms. The lowest BCUT2D eigenvalue weighted by Gasteiger charge is -2.27. The molecule has 0 unspecified atom stereocenters. The molecule has 7 nitrogen and oxygen atoms in total. The van der Waals surface area contributed by atoms with Crippen LogP contribution in [0.5, 0.6) is 5.75 Å². The minimum absolute atomic E-state index is 0.0306. The molecule has 0 aromatic heterocycles. The van der Waals surface area contributed by atoms with Gasteiger partial charge in [0.15, 0.2) is 6.10 Å². The predicted molar refractivity (Wildman–Crippen MR) is 132 cm³/mol. The van der Waals surface area contributed by atoms with Gasteiger partial charge in [-0.2, -0.15) is 12.6 Å². The molecule has 0 heterocycles. The molecule has 1 amide bonds. The van der Waals surface area contributed by atoms with Gasteiger partial charge in [0.25, 0.3) is 0 Å². The molecule has 0 bridgehead atoms. The molecule has 0 radical (unpaired) electrons. The highest BCUT2D eigenvalue weighted by Gasteiger charge is 2.30. The molecule has 0 aliphatic heterocycles. The van der Waals surface area contributed by atoms with E-state index in [2.05, 4.69) is 40.5 Å². The van der Waals surface area contributed by atoms with Gasteiger partial charge in [0.2, 0.25) is 0 Å². The van der Waals surface area contributed by atoms with E-state index in [1.54, 1.807) is 36.0 Å². The number of nitrogens with one attached hydrogen (secondary N) is 1. The lowest BCUT2D eigenvalue weighted by molar-refractivity contribution is -0.141. The second kappa shape index (κ2) is 13.0. The summed E-state index contributed by atoms with van der Waals surface area (Å²) in [6.07, 6.45) is -0.0785. The minimum atomic E-state index is -0.931. The number of esters is 1. The highest BCUT2D eigenvalue weighted by atomic mass is 127. The number of methoxy groups -OCH3 is 1. The quantitative estimate of drug-likeness (QED) is 0.160. The zero-order chi connectivity index (χ0) is 22.8. The molecule has 2 N–H and O–H groups in total. The minimum Gasteiger partial charge on any atom is -0.508 e. The van der Waals surface area contributed by atoms with E-state index in [9.17, 15) is 14.7 Å². The fraction of sp³-hybridized carbons (Fsp3) is 0.333. The Labute approximate surface area is 204 Å². The Morgan fingerprint density at radius 1 is 1.23 bits per heavy atom. The van der Waals surface area contributed by atoms with Gasteiger partial charge in [-0.25, -0.2) is 4.79 Å². The summed E-state index contributed by atoms with van der Waals surface area (Å²) >= 11 is 7.57. The average Bonchev–Trinajstić information content (AvgIpc) is 2.77. The second-order valence-electron chi connectivity index (χ2n) is 6.32. The number of phenols is 1. The molecule has 168 valence electrons. The van der Waals surface area contributed by atoms with E-state index in [-0.39, 0.29) is 24.5 Å². The number of thioether (sulfide) groups is 1. The van der Waals surface area contributed by atoms with Crippen LogP contribution in [0.25, 0.3) is 0 Å². The smallest absolute Gasteiger partial charge is 0.412 e. The number of hydrogen-bond donors (Lipinski definition) is 3. The molecule has 10 heteroatoms. The number of benzene rings is 2. The van der Waals surface area contributed by atoms with Crippen molar-refractivity contribution in [3.05, 3.63) is 51.6 Å². The van der Waals surface area contributed by atoms with Gasteiger partial charge in [-0.1, -0.05) is 0 Å². The lowest BCUT2D eigenvalue weighted by atomic mass is 10.0. The van der Waals surface area contributed by atoms with Crippen LogP contribution in [0.3, 0.4) is 0 Å². The highest BCUT2D eigenvalue weighted by molar-refractivity contribution is 14.1. The number of hydrogen-bond acceptors (Lipinski definition) is 8. The lowest BCUT2D eigenvalue weighted by Crippen LogP contribution is -2.29. The summed E-state index contributed by atoms with van der Waals surface area (Å²) in [5.41, 5.74) is 0.970. The normalized spacial score (nSPS) is 12.6. The summed E-state index contributed by atoms with van der Waals surface area (Å²) in [5, 5.41) is 13.1. The van der Waals surface area contributed by atoms with Crippen molar-refractivity contribution in [2.24, 2.45) is 0 Å². The highest BCUT2D eigenvalue weighted by Crippen LogP contribution is 2.33. The zero-order valence-corrected chi connectivity index (χ0v) is 20.9. The fourth-order valence-corrected chi connectivity index (χ4v) is 3.77. The van der Waals surface area contributed by atoms with Crippen molar-refractivity contribution in [1.29, 1.82) is 0 Å². The van der Waals surface area contributed by atoms with Crippen molar-refractivity contribution < 1.29 is 28.9 Å². The Kier molecular flexibility index (Phi) is 10.8. The predicted octanol–water partition coefficient (Wildman–Crippen LogP) is 4.89. The van der Waals surface area contributed by atoms with Crippen LogP contribution in [0.2, 0.25) is 0 Å². The number of carbonyl (C=O) groups is 2. The average molecular weight is 577 g/mol. The van der Waals surface area contributed by atoms with Gasteiger partial charge in [-0.05, 0) is 71.3 Å². The van der Waals surface area contributed by atoms with Crippen molar-refractivity contribution in [3.8, 4) is 5.75 Å². The number of amides is 1. The third kappa shape index (κ3) is 8.09. The molecular weight excluding hydrogens is 553 g/mol. The number of carbonyl (C=O) groups excluding carboxylic acids is 2. The molecule has 0 aliphatic rings. The summed E-state index contributed by atoms with van der Waals surface area (Å²) in [7, 11) is 1.46. The topological polar surface area (TPSA) is 94.1 Å². The number of anilines is 1. The first-order valence-electron chi connectivity index (χ1n) is 9.27.